The second-order valence-corrected chi connectivity index (χ2v) is 3.42. The Morgan fingerprint density at radius 2 is 2.29 bits per heavy atom. The maximum absolute atomic E-state index is 5.30. The van der Waals surface area contributed by atoms with Crippen LogP contribution in [0.3, 0.4) is 0 Å². The summed E-state index contributed by atoms with van der Waals surface area (Å²) in [7, 11) is 0. The van der Waals surface area contributed by atoms with Gasteiger partial charge in [0.25, 0.3) is 0 Å². The van der Waals surface area contributed by atoms with E-state index >= 15 is 0 Å². The van der Waals surface area contributed by atoms with Crippen molar-refractivity contribution < 1.29 is 4.42 Å². The minimum Gasteiger partial charge on any atom is -0.446 e. The molecule has 0 bridgehead atoms. The molecule has 3 heteroatoms. The largest absolute Gasteiger partial charge is 0.446 e. The molecule has 1 aliphatic heterocycles. The molecule has 1 aromatic heterocycles. The summed E-state index contributed by atoms with van der Waals surface area (Å²) in [5.74, 6) is 0.884. The van der Waals surface area contributed by atoms with Crippen LogP contribution < -0.4 is 5.32 Å². The van der Waals surface area contributed by atoms with Crippen LogP contribution in [0.2, 0.25) is 0 Å². The Bertz CT molecular complexity index is 436. The highest BCUT2D eigenvalue weighted by molar-refractivity contribution is 5.37. The van der Waals surface area contributed by atoms with Crippen molar-refractivity contribution in [2.75, 3.05) is 0 Å². The normalized spacial score (nSPS) is 19.6. The molecule has 70 valence electrons. The van der Waals surface area contributed by atoms with Gasteiger partial charge in [-0.3, -0.25) is 5.32 Å². The zero-order valence-electron chi connectivity index (χ0n) is 7.60. The maximum atomic E-state index is 5.30. The summed E-state index contributed by atoms with van der Waals surface area (Å²) in [6.45, 7) is 0.904. The molecule has 0 fully saturated rings. The van der Waals surface area contributed by atoms with Crippen molar-refractivity contribution in [2.24, 2.45) is 0 Å². The fourth-order valence-corrected chi connectivity index (χ4v) is 1.92. The number of oxazole rings is 1. The molecule has 1 aromatic carbocycles. The molecular weight excluding hydrogens is 176 g/mol. The van der Waals surface area contributed by atoms with Crippen LogP contribution in [0.25, 0.3) is 0 Å². The third kappa shape index (κ3) is 1.06. The van der Waals surface area contributed by atoms with Gasteiger partial charge in [0.1, 0.15) is 5.76 Å². The molecule has 0 amide bonds. The van der Waals surface area contributed by atoms with E-state index in [0.717, 1.165) is 12.3 Å². The van der Waals surface area contributed by atoms with E-state index in [1.165, 1.54) is 17.5 Å². The number of benzene rings is 1. The first-order valence-electron chi connectivity index (χ1n) is 4.65. The van der Waals surface area contributed by atoms with Crippen LogP contribution in [0.4, 0.5) is 0 Å². The smallest absolute Gasteiger partial charge is 0.180 e. The zero-order valence-corrected chi connectivity index (χ0v) is 7.60. The molecule has 3 rings (SSSR count). The zero-order chi connectivity index (χ0) is 9.38. The summed E-state index contributed by atoms with van der Waals surface area (Å²) in [6, 6.07) is 8.55. The molecule has 1 N–H and O–H groups in total. The van der Waals surface area contributed by atoms with Gasteiger partial charge in [-0.25, -0.2) is 4.98 Å². The molecule has 14 heavy (non-hydrogen) atoms. The molecule has 2 heterocycles. The van der Waals surface area contributed by atoms with Gasteiger partial charge < -0.3 is 4.42 Å². The summed E-state index contributed by atoms with van der Waals surface area (Å²) in [5, 5.41) is 3.39. The lowest BCUT2D eigenvalue weighted by atomic mass is 10.0. The van der Waals surface area contributed by atoms with Crippen molar-refractivity contribution in [3.63, 3.8) is 0 Å². The van der Waals surface area contributed by atoms with Gasteiger partial charge in [0.2, 0.25) is 0 Å². The van der Waals surface area contributed by atoms with Crippen LogP contribution in [0, 0.1) is 0 Å². The quantitative estimate of drug-likeness (QED) is 0.738. The van der Waals surface area contributed by atoms with Gasteiger partial charge >= 0.3 is 0 Å². The third-order valence-electron chi connectivity index (χ3n) is 2.60. The number of aromatic nitrogens is 1. The van der Waals surface area contributed by atoms with E-state index in [0.29, 0.717) is 0 Å². The summed E-state index contributed by atoms with van der Waals surface area (Å²) < 4.78 is 5.30. The summed E-state index contributed by atoms with van der Waals surface area (Å²) >= 11 is 0. The van der Waals surface area contributed by atoms with Crippen molar-refractivity contribution in [1.82, 2.24) is 10.3 Å². The van der Waals surface area contributed by atoms with E-state index in [4.69, 9.17) is 4.42 Å². The standard InChI is InChI=1S/C11H10N2O/c1-2-4-9-8(3-1)5-13-11(9)10-6-12-7-14-10/h1-4,6-7,11,13H,5H2. The highest BCUT2D eigenvalue weighted by Crippen LogP contribution is 2.29. The second-order valence-electron chi connectivity index (χ2n) is 3.42. The molecule has 0 saturated carbocycles. The van der Waals surface area contributed by atoms with Gasteiger partial charge in [-0.15, -0.1) is 0 Å². The van der Waals surface area contributed by atoms with E-state index in [1.54, 1.807) is 6.20 Å². The minimum atomic E-state index is 0.175. The monoisotopic (exact) mass is 186 g/mol. The lowest BCUT2D eigenvalue weighted by Gasteiger charge is -2.07. The van der Waals surface area contributed by atoms with E-state index in [-0.39, 0.29) is 6.04 Å². The Kier molecular flexibility index (Phi) is 1.64. The Balaban J connectivity index is 2.06. The number of nitrogens with one attached hydrogen (secondary N) is 1. The van der Waals surface area contributed by atoms with E-state index < -0.39 is 0 Å². The summed E-state index contributed by atoms with van der Waals surface area (Å²) in [5.41, 5.74) is 2.64. The number of hydrogen-bond donors (Lipinski definition) is 1. The maximum Gasteiger partial charge on any atom is 0.180 e. The fourth-order valence-electron chi connectivity index (χ4n) is 1.92. The van der Waals surface area contributed by atoms with Crippen LogP contribution >= 0.6 is 0 Å². The van der Waals surface area contributed by atoms with Crippen molar-refractivity contribution in [3.05, 3.63) is 53.7 Å². The first-order valence-corrected chi connectivity index (χ1v) is 4.65. The predicted molar refractivity (Wildman–Crippen MR) is 51.6 cm³/mol. The van der Waals surface area contributed by atoms with Gasteiger partial charge in [0, 0.05) is 6.54 Å². The van der Waals surface area contributed by atoms with E-state index in [1.807, 2.05) is 0 Å². The van der Waals surface area contributed by atoms with E-state index in [2.05, 4.69) is 34.6 Å². The molecule has 0 spiro atoms. The molecule has 1 unspecified atom stereocenters. The van der Waals surface area contributed by atoms with Crippen LogP contribution in [-0.4, -0.2) is 4.98 Å². The average molecular weight is 186 g/mol. The van der Waals surface area contributed by atoms with Crippen molar-refractivity contribution in [1.29, 1.82) is 0 Å². The number of fused-ring (bicyclic) bond motifs is 1. The number of hydrogen-bond acceptors (Lipinski definition) is 3. The van der Waals surface area contributed by atoms with Gasteiger partial charge in [-0.1, -0.05) is 24.3 Å². The molecule has 3 nitrogen and oxygen atoms in total. The first kappa shape index (κ1) is 7.76. The molecule has 0 aliphatic carbocycles. The Labute approximate surface area is 81.8 Å². The summed E-state index contributed by atoms with van der Waals surface area (Å²) in [6.07, 6.45) is 3.23. The highest BCUT2D eigenvalue weighted by Gasteiger charge is 2.24. The third-order valence-corrected chi connectivity index (χ3v) is 2.60. The van der Waals surface area contributed by atoms with Crippen molar-refractivity contribution in [2.45, 2.75) is 12.6 Å². The predicted octanol–water partition coefficient (Wildman–Crippen LogP) is 1.87. The van der Waals surface area contributed by atoms with Crippen LogP contribution in [0.15, 0.2) is 41.3 Å². The number of rotatable bonds is 1. The highest BCUT2D eigenvalue weighted by atomic mass is 16.3. The van der Waals surface area contributed by atoms with Gasteiger partial charge in [-0.05, 0) is 11.1 Å². The van der Waals surface area contributed by atoms with Crippen LogP contribution in [0.1, 0.15) is 22.9 Å². The number of nitrogens with zero attached hydrogens (tertiary/aromatic N) is 1. The fraction of sp³-hybridized carbons (Fsp3) is 0.182. The molecular formula is C11H10N2O. The molecule has 1 aliphatic rings. The van der Waals surface area contributed by atoms with Crippen LogP contribution in [0.5, 0.6) is 0 Å². The molecule has 2 aromatic rings. The van der Waals surface area contributed by atoms with E-state index in [9.17, 15) is 0 Å². The molecule has 0 saturated heterocycles. The average Bonchev–Trinajstić information content (AvgIpc) is 2.85. The lowest BCUT2D eigenvalue weighted by Crippen LogP contribution is -2.12. The molecule has 1 atom stereocenters. The minimum absolute atomic E-state index is 0.175. The van der Waals surface area contributed by atoms with Gasteiger partial charge in [0.05, 0.1) is 12.2 Å². The SMILES string of the molecule is c1ccc2c(c1)CNC2c1cnco1. The van der Waals surface area contributed by atoms with Crippen LogP contribution in [-0.2, 0) is 6.54 Å². The Hall–Kier alpha value is -1.61. The first-order chi connectivity index (χ1) is 6.95. The van der Waals surface area contributed by atoms with Gasteiger partial charge in [0.15, 0.2) is 6.39 Å². The topological polar surface area (TPSA) is 38.1 Å². The summed E-state index contributed by atoms with van der Waals surface area (Å²) in [4.78, 5) is 3.93. The Morgan fingerprint density at radius 1 is 1.36 bits per heavy atom. The van der Waals surface area contributed by atoms with Crippen molar-refractivity contribution >= 4 is 0 Å². The lowest BCUT2D eigenvalue weighted by molar-refractivity contribution is 0.459. The van der Waals surface area contributed by atoms with Crippen molar-refractivity contribution in [3.8, 4) is 0 Å². The molecule has 0 radical (unpaired) electrons. The second kappa shape index (κ2) is 2.96. The Morgan fingerprint density at radius 3 is 3.14 bits per heavy atom. The van der Waals surface area contributed by atoms with Gasteiger partial charge in [-0.2, -0.15) is 0 Å².